The van der Waals surface area contributed by atoms with Crippen molar-refractivity contribution >= 4 is 59.9 Å². The molecule has 3 aromatic rings. The number of fused-ring (bicyclic) bond motifs is 1. The molecule has 1 aliphatic rings. The summed E-state index contributed by atoms with van der Waals surface area (Å²) < 4.78 is 34.0. The number of carbonyl (C=O) groups excluding carboxylic acids is 2. The molecule has 1 amide bonds. The number of sulfonamides is 1. The standard InChI is InChI=1S/C25H25BrN2O5S2/c1-2-33-25(30)23-20-13-6-7-14-21(20)34-24(23)27-22(29)16-28(18-10-8-9-17(26)15-18)35(31,32)19-11-4-3-5-12-19/h3-5,8-12,15H,2,6-7,13-14,16H2,1H3,(H,27,29). The van der Waals surface area contributed by atoms with Crippen LogP contribution < -0.4 is 9.62 Å². The summed E-state index contributed by atoms with van der Waals surface area (Å²) in [5, 5.41) is 3.22. The fourth-order valence-corrected chi connectivity index (χ4v) is 7.15. The van der Waals surface area contributed by atoms with E-state index in [0.717, 1.165) is 40.4 Å². The Hall–Kier alpha value is -2.69. The number of carbonyl (C=O) groups is 2. The number of benzene rings is 2. The fourth-order valence-electron chi connectivity index (χ4n) is 4.04. The highest BCUT2D eigenvalue weighted by Gasteiger charge is 2.30. The van der Waals surface area contributed by atoms with Gasteiger partial charge in [-0.2, -0.15) is 0 Å². The van der Waals surface area contributed by atoms with E-state index in [1.165, 1.54) is 23.5 Å². The zero-order chi connectivity index (χ0) is 25.0. The molecule has 0 spiro atoms. The predicted octanol–water partition coefficient (Wildman–Crippen LogP) is 5.40. The van der Waals surface area contributed by atoms with Gasteiger partial charge in [-0.25, -0.2) is 13.2 Å². The highest BCUT2D eigenvalue weighted by Crippen LogP contribution is 2.38. The highest BCUT2D eigenvalue weighted by atomic mass is 79.9. The van der Waals surface area contributed by atoms with Gasteiger partial charge in [0.1, 0.15) is 11.5 Å². The monoisotopic (exact) mass is 576 g/mol. The summed E-state index contributed by atoms with van der Waals surface area (Å²) >= 11 is 4.74. The van der Waals surface area contributed by atoms with Crippen LogP contribution in [0, 0.1) is 0 Å². The summed E-state index contributed by atoms with van der Waals surface area (Å²) in [6, 6.07) is 14.7. The van der Waals surface area contributed by atoms with Crippen molar-refractivity contribution in [3.05, 3.63) is 75.1 Å². The number of anilines is 2. The molecule has 1 aliphatic carbocycles. The third-order valence-electron chi connectivity index (χ3n) is 5.62. The van der Waals surface area contributed by atoms with Crippen molar-refractivity contribution in [2.45, 2.75) is 37.5 Å². The minimum Gasteiger partial charge on any atom is -0.462 e. The second kappa shape index (κ2) is 10.9. The molecule has 0 atom stereocenters. The molecule has 4 rings (SSSR count). The molecule has 2 aromatic carbocycles. The van der Waals surface area contributed by atoms with Crippen molar-refractivity contribution in [2.24, 2.45) is 0 Å². The quantitative estimate of drug-likeness (QED) is 0.362. The Labute approximate surface area is 217 Å². The van der Waals surface area contributed by atoms with E-state index in [1.54, 1.807) is 49.4 Å². The lowest BCUT2D eigenvalue weighted by Crippen LogP contribution is -2.38. The molecule has 1 aromatic heterocycles. The van der Waals surface area contributed by atoms with Crippen LogP contribution in [0.1, 0.15) is 40.6 Å². The number of rotatable bonds is 8. The molecule has 0 bridgehead atoms. The molecular formula is C25H25BrN2O5S2. The molecule has 0 unspecified atom stereocenters. The van der Waals surface area contributed by atoms with Crippen molar-refractivity contribution in [1.82, 2.24) is 0 Å². The van der Waals surface area contributed by atoms with Crippen LogP contribution in [0.3, 0.4) is 0 Å². The van der Waals surface area contributed by atoms with E-state index >= 15 is 0 Å². The number of amides is 1. The lowest BCUT2D eigenvalue weighted by molar-refractivity contribution is -0.114. The normalized spacial score (nSPS) is 13.1. The first-order valence-corrected chi connectivity index (χ1v) is 14.3. The number of thiophene rings is 1. The van der Waals surface area contributed by atoms with Crippen molar-refractivity contribution in [3.8, 4) is 0 Å². The first-order valence-electron chi connectivity index (χ1n) is 11.3. The third kappa shape index (κ3) is 5.60. The molecular weight excluding hydrogens is 552 g/mol. The summed E-state index contributed by atoms with van der Waals surface area (Å²) in [5.74, 6) is -1.02. The molecule has 0 saturated carbocycles. The Balaban J connectivity index is 1.67. The van der Waals surface area contributed by atoms with Gasteiger partial charge in [0.25, 0.3) is 10.0 Å². The van der Waals surface area contributed by atoms with E-state index < -0.39 is 28.4 Å². The number of ether oxygens (including phenoxy) is 1. The van der Waals surface area contributed by atoms with Gasteiger partial charge in [0.15, 0.2) is 0 Å². The van der Waals surface area contributed by atoms with Crippen LogP contribution in [0.25, 0.3) is 0 Å². The second-order valence-electron chi connectivity index (χ2n) is 7.99. The van der Waals surface area contributed by atoms with Crippen LogP contribution in [0.15, 0.2) is 64.0 Å². The van der Waals surface area contributed by atoms with Crippen molar-refractivity contribution in [1.29, 1.82) is 0 Å². The molecule has 0 fully saturated rings. The topological polar surface area (TPSA) is 92.8 Å². The summed E-state index contributed by atoms with van der Waals surface area (Å²) in [4.78, 5) is 27.1. The summed E-state index contributed by atoms with van der Waals surface area (Å²) in [5.41, 5.74) is 1.66. The fraction of sp³-hybridized carbons (Fsp3) is 0.280. The maximum absolute atomic E-state index is 13.5. The second-order valence-corrected chi connectivity index (χ2v) is 11.9. The van der Waals surface area contributed by atoms with Gasteiger partial charge in [0.2, 0.25) is 5.91 Å². The summed E-state index contributed by atoms with van der Waals surface area (Å²) in [6.07, 6.45) is 3.59. The third-order valence-corrected chi connectivity index (χ3v) is 9.11. The number of halogens is 1. The van der Waals surface area contributed by atoms with Crippen LogP contribution in [0.2, 0.25) is 0 Å². The highest BCUT2D eigenvalue weighted by molar-refractivity contribution is 9.10. The van der Waals surface area contributed by atoms with Gasteiger partial charge in [-0.3, -0.25) is 9.10 Å². The first kappa shape index (κ1) is 25.4. The van der Waals surface area contributed by atoms with Crippen molar-refractivity contribution in [3.63, 3.8) is 0 Å². The predicted molar refractivity (Wildman–Crippen MR) is 141 cm³/mol. The van der Waals surface area contributed by atoms with Crippen LogP contribution in [-0.4, -0.2) is 33.4 Å². The van der Waals surface area contributed by atoms with E-state index in [4.69, 9.17) is 4.74 Å². The largest absolute Gasteiger partial charge is 0.462 e. The van der Waals surface area contributed by atoms with E-state index in [1.807, 2.05) is 0 Å². The minimum atomic E-state index is -4.03. The molecule has 10 heteroatoms. The number of nitrogens with one attached hydrogen (secondary N) is 1. The van der Waals surface area contributed by atoms with Crippen molar-refractivity contribution in [2.75, 3.05) is 22.8 Å². The van der Waals surface area contributed by atoms with E-state index in [0.29, 0.717) is 20.7 Å². The van der Waals surface area contributed by atoms with Crippen molar-refractivity contribution < 1.29 is 22.7 Å². The number of aryl methyl sites for hydroxylation is 1. The summed E-state index contributed by atoms with van der Waals surface area (Å²) in [6.45, 7) is 1.50. The molecule has 0 saturated heterocycles. The first-order chi connectivity index (χ1) is 16.8. The SMILES string of the molecule is CCOC(=O)c1c(NC(=O)CN(c2cccc(Br)c2)S(=O)(=O)c2ccccc2)sc2c1CCCC2. The molecule has 184 valence electrons. The maximum Gasteiger partial charge on any atom is 0.341 e. The Bertz CT molecular complexity index is 1340. The molecule has 1 heterocycles. The van der Waals surface area contributed by atoms with Gasteiger partial charge in [-0.05, 0) is 68.5 Å². The Morgan fingerprint density at radius 1 is 1.09 bits per heavy atom. The number of nitrogens with zero attached hydrogens (tertiary/aromatic N) is 1. The van der Waals surface area contributed by atoms with Gasteiger partial charge in [-0.15, -0.1) is 11.3 Å². The van der Waals surface area contributed by atoms with Gasteiger partial charge in [0.05, 0.1) is 22.8 Å². The van der Waals surface area contributed by atoms with Crippen LogP contribution in [0.4, 0.5) is 10.7 Å². The molecule has 1 N–H and O–H groups in total. The Morgan fingerprint density at radius 3 is 2.54 bits per heavy atom. The van der Waals surface area contributed by atoms with Crippen LogP contribution in [0.5, 0.6) is 0 Å². The van der Waals surface area contributed by atoms with Gasteiger partial charge in [0, 0.05) is 9.35 Å². The van der Waals surface area contributed by atoms with E-state index in [9.17, 15) is 18.0 Å². The number of hydrogen-bond donors (Lipinski definition) is 1. The van der Waals surface area contributed by atoms with Crippen LogP contribution in [-0.2, 0) is 32.4 Å². The average Bonchev–Trinajstić information content (AvgIpc) is 3.21. The van der Waals surface area contributed by atoms with Gasteiger partial charge >= 0.3 is 5.97 Å². The van der Waals surface area contributed by atoms with Gasteiger partial charge in [-0.1, -0.05) is 40.2 Å². The van der Waals surface area contributed by atoms with Crippen LogP contribution >= 0.6 is 27.3 Å². The molecule has 0 radical (unpaired) electrons. The smallest absolute Gasteiger partial charge is 0.341 e. The maximum atomic E-state index is 13.5. The lowest BCUT2D eigenvalue weighted by Gasteiger charge is -2.24. The van der Waals surface area contributed by atoms with Gasteiger partial charge < -0.3 is 10.1 Å². The molecule has 0 aliphatic heterocycles. The number of esters is 1. The Morgan fingerprint density at radius 2 is 1.83 bits per heavy atom. The average molecular weight is 578 g/mol. The van der Waals surface area contributed by atoms with E-state index in [2.05, 4.69) is 21.2 Å². The molecule has 35 heavy (non-hydrogen) atoms. The zero-order valence-electron chi connectivity index (χ0n) is 19.1. The molecule has 7 nitrogen and oxygen atoms in total. The minimum absolute atomic E-state index is 0.0755. The Kier molecular flexibility index (Phi) is 7.93. The zero-order valence-corrected chi connectivity index (χ0v) is 22.3. The lowest BCUT2D eigenvalue weighted by atomic mass is 9.95. The number of hydrogen-bond acceptors (Lipinski definition) is 6. The summed E-state index contributed by atoms with van der Waals surface area (Å²) in [7, 11) is -4.03. The van der Waals surface area contributed by atoms with E-state index in [-0.39, 0.29) is 11.5 Å².